The molecule has 1 heterocycles. The molecule has 1 aromatic rings. The van der Waals surface area contributed by atoms with E-state index < -0.39 is 16.9 Å². The summed E-state index contributed by atoms with van der Waals surface area (Å²) in [6.45, 7) is 1.58. The Labute approximate surface area is 102 Å². The van der Waals surface area contributed by atoms with Gasteiger partial charge in [-0.05, 0) is 19.4 Å². The van der Waals surface area contributed by atoms with Gasteiger partial charge in [0.05, 0.1) is 18.4 Å². The van der Waals surface area contributed by atoms with E-state index in [0.717, 1.165) is 6.21 Å². The topological polar surface area (TPSA) is 118 Å². The number of hydrazone groups is 1. The Morgan fingerprint density at radius 1 is 1.72 bits per heavy atom. The summed E-state index contributed by atoms with van der Waals surface area (Å²) in [5.74, 6) is -0.581. The molecule has 1 aromatic heterocycles. The highest BCUT2D eigenvalue weighted by Crippen LogP contribution is 2.13. The Kier molecular flexibility index (Phi) is 5.00. The Hall–Kier alpha value is -2.22. The number of nitrogens with one attached hydrogen (secondary N) is 1. The van der Waals surface area contributed by atoms with Crippen molar-refractivity contribution in [2.24, 2.45) is 5.10 Å². The van der Waals surface area contributed by atoms with E-state index in [1.807, 2.05) is 0 Å². The van der Waals surface area contributed by atoms with Gasteiger partial charge in [0, 0.05) is 6.42 Å². The van der Waals surface area contributed by atoms with Crippen LogP contribution in [0.4, 0.5) is 5.88 Å². The van der Waals surface area contributed by atoms with Crippen LogP contribution >= 0.6 is 0 Å². The lowest BCUT2D eigenvalue weighted by atomic mass is 10.2. The van der Waals surface area contributed by atoms with Gasteiger partial charge in [0.2, 0.25) is 5.91 Å². The SMILES string of the molecule is CC(O)CCC(=O)N/N=C/c1ccc([N+](=O)[O-])o1. The van der Waals surface area contributed by atoms with Crippen molar-refractivity contribution in [3.05, 3.63) is 28.0 Å². The predicted molar refractivity (Wildman–Crippen MR) is 62.0 cm³/mol. The molecule has 8 nitrogen and oxygen atoms in total. The van der Waals surface area contributed by atoms with Gasteiger partial charge in [-0.25, -0.2) is 5.43 Å². The van der Waals surface area contributed by atoms with E-state index in [-0.39, 0.29) is 18.1 Å². The molecular formula is C10H13N3O5. The van der Waals surface area contributed by atoms with E-state index in [4.69, 9.17) is 9.52 Å². The van der Waals surface area contributed by atoms with Crippen molar-refractivity contribution in [1.82, 2.24) is 5.43 Å². The second-order valence-corrected chi connectivity index (χ2v) is 3.61. The van der Waals surface area contributed by atoms with Crippen LogP contribution < -0.4 is 5.43 Å². The maximum Gasteiger partial charge on any atom is 0.433 e. The second-order valence-electron chi connectivity index (χ2n) is 3.61. The first-order chi connectivity index (χ1) is 8.49. The van der Waals surface area contributed by atoms with Gasteiger partial charge in [-0.15, -0.1) is 0 Å². The summed E-state index contributed by atoms with van der Waals surface area (Å²) in [4.78, 5) is 20.8. The fourth-order valence-electron chi connectivity index (χ4n) is 1.07. The molecule has 1 rings (SSSR count). The summed E-state index contributed by atoms with van der Waals surface area (Å²) in [6, 6.07) is 2.56. The molecule has 0 bridgehead atoms. The van der Waals surface area contributed by atoms with Crippen molar-refractivity contribution in [3.8, 4) is 0 Å². The number of nitro groups is 1. The molecule has 1 unspecified atom stereocenters. The lowest BCUT2D eigenvalue weighted by Crippen LogP contribution is -2.18. The standard InChI is InChI=1S/C10H13N3O5/c1-7(14)2-4-9(15)12-11-6-8-3-5-10(18-8)13(16)17/h3,5-7,14H,2,4H2,1H3,(H,12,15)/b11-6+. The molecule has 8 heteroatoms. The summed E-state index contributed by atoms with van der Waals surface area (Å²) >= 11 is 0. The van der Waals surface area contributed by atoms with E-state index in [1.165, 1.54) is 12.1 Å². The Bertz CT molecular complexity index is 452. The number of aliphatic hydroxyl groups is 1. The molecule has 2 N–H and O–H groups in total. The number of carbonyl (C=O) groups is 1. The van der Waals surface area contributed by atoms with Crippen LogP contribution in [-0.4, -0.2) is 28.3 Å². The summed E-state index contributed by atoms with van der Waals surface area (Å²) in [6.07, 6.45) is 1.10. The zero-order chi connectivity index (χ0) is 13.5. The fraction of sp³-hybridized carbons (Fsp3) is 0.400. The van der Waals surface area contributed by atoms with Crippen LogP contribution in [-0.2, 0) is 4.79 Å². The van der Waals surface area contributed by atoms with Crippen molar-refractivity contribution >= 4 is 18.0 Å². The van der Waals surface area contributed by atoms with Crippen LogP contribution in [0.2, 0.25) is 0 Å². The molecule has 0 aliphatic rings. The minimum Gasteiger partial charge on any atom is -0.400 e. The first-order valence-electron chi connectivity index (χ1n) is 5.23. The zero-order valence-electron chi connectivity index (χ0n) is 9.70. The van der Waals surface area contributed by atoms with Crippen molar-refractivity contribution < 1.29 is 19.2 Å². The molecule has 0 spiro atoms. The van der Waals surface area contributed by atoms with E-state index in [0.29, 0.717) is 6.42 Å². The van der Waals surface area contributed by atoms with Crippen molar-refractivity contribution in [2.45, 2.75) is 25.9 Å². The largest absolute Gasteiger partial charge is 0.433 e. The molecule has 98 valence electrons. The molecule has 0 saturated carbocycles. The second kappa shape index (κ2) is 6.50. The Morgan fingerprint density at radius 3 is 3.00 bits per heavy atom. The zero-order valence-corrected chi connectivity index (χ0v) is 9.70. The van der Waals surface area contributed by atoms with Gasteiger partial charge in [-0.3, -0.25) is 14.9 Å². The Balaban J connectivity index is 2.39. The van der Waals surface area contributed by atoms with Crippen LogP contribution in [0.5, 0.6) is 0 Å². The molecule has 0 radical (unpaired) electrons. The highest BCUT2D eigenvalue weighted by atomic mass is 16.6. The lowest BCUT2D eigenvalue weighted by Gasteiger charge is -2.01. The number of aliphatic hydroxyl groups excluding tert-OH is 1. The highest BCUT2D eigenvalue weighted by Gasteiger charge is 2.10. The number of hydrogen-bond acceptors (Lipinski definition) is 6. The van der Waals surface area contributed by atoms with Gasteiger partial charge in [-0.2, -0.15) is 5.10 Å². The quantitative estimate of drug-likeness (QED) is 0.442. The molecule has 0 aliphatic heterocycles. The monoisotopic (exact) mass is 255 g/mol. The number of furan rings is 1. The molecular weight excluding hydrogens is 242 g/mol. The molecule has 0 aliphatic carbocycles. The van der Waals surface area contributed by atoms with E-state index in [1.54, 1.807) is 6.92 Å². The van der Waals surface area contributed by atoms with Crippen LogP contribution in [0.3, 0.4) is 0 Å². The van der Waals surface area contributed by atoms with Gasteiger partial charge >= 0.3 is 5.88 Å². The molecule has 18 heavy (non-hydrogen) atoms. The number of carbonyl (C=O) groups excluding carboxylic acids is 1. The lowest BCUT2D eigenvalue weighted by molar-refractivity contribution is -0.402. The van der Waals surface area contributed by atoms with Crippen LogP contribution in [0, 0.1) is 10.1 Å². The average Bonchev–Trinajstić information content (AvgIpc) is 2.75. The summed E-state index contributed by atoms with van der Waals surface area (Å²) in [5, 5.41) is 22.9. The first-order valence-corrected chi connectivity index (χ1v) is 5.23. The van der Waals surface area contributed by atoms with Crippen molar-refractivity contribution in [3.63, 3.8) is 0 Å². The third-order valence-corrected chi connectivity index (χ3v) is 1.96. The highest BCUT2D eigenvalue weighted by molar-refractivity contribution is 5.80. The van der Waals surface area contributed by atoms with Crippen LogP contribution in [0.15, 0.2) is 21.7 Å². The molecule has 0 saturated heterocycles. The maximum atomic E-state index is 11.2. The van der Waals surface area contributed by atoms with Gasteiger partial charge in [0.1, 0.15) is 4.92 Å². The number of amides is 1. The Morgan fingerprint density at radius 2 is 2.44 bits per heavy atom. The molecule has 0 aromatic carbocycles. The normalized spacial score (nSPS) is 12.6. The van der Waals surface area contributed by atoms with E-state index in [2.05, 4.69) is 10.5 Å². The average molecular weight is 255 g/mol. The molecule has 1 amide bonds. The van der Waals surface area contributed by atoms with Gasteiger partial charge < -0.3 is 9.52 Å². The van der Waals surface area contributed by atoms with Gasteiger partial charge in [0.15, 0.2) is 5.76 Å². The fourth-order valence-corrected chi connectivity index (χ4v) is 1.07. The van der Waals surface area contributed by atoms with Crippen molar-refractivity contribution in [2.75, 3.05) is 0 Å². The van der Waals surface area contributed by atoms with E-state index in [9.17, 15) is 14.9 Å². The third-order valence-electron chi connectivity index (χ3n) is 1.96. The predicted octanol–water partition coefficient (Wildman–Crippen LogP) is 0.799. The van der Waals surface area contributed by atoms with E-state index >= 15 is 0 Å². The van der Waals surface area contributed by atoms with Gasteiger partial charge in [-0.1, -0.05) is 0 Å². The number of rotatable bonds is 6. The minimum atomic E-state index is -0.668. The summed E-state index contributed by atoms with van der Waals surface area (Å²) in [7, 11) is 0. The maximum absolute atomic E-state index is 11.2. The summed E-state index contributed by atoms with van der Waals surface area (Å²) in [5.41, 5.74) is 2.21. The molecule has 0 fully saturated rings. The van der Waals surface area contributed by atoms with Crippen LogP contribution in [0.1, 0.15) is 25.5 Å². The van der Waals surface area contributed by atoms with Crippen LogP contribution in [0.25, 0.3) is 0 Å². The first kappa shape index (κ1) is 13.8. The number of nitrogens with zero attached hydrogens (tertiary/aromatic N) is 2. The smallest absolute Gasteiger partial charge is 0.400 e. The molecule has 1 atom stereocenters. The third kappa shape index (κ3) is 4.74. The number of hydrogen-bond donors (Lipinski definition) is 2. The van der Waals surface area contributed by atoms with Crippen molar-refractivity contribution in [1.29, 1.82) is 0 Å². The minimum absolute atomic E-state index is 0.146. The van der Waals surface area contributed by atoms with Gasteiger partial charge in [0.25, 0.3) is 0 Å². The summed E-state index contributed by atoms with van der Waals surface area (Å²) < 4.78 is 4.79.